The molecule has 0 saturated heterocycles. The van der Waals surface area contributed by atoms with Crippen LogP contribution < -0.4 is 0 Å². The van der Waals surface area contributed by atoms with Crippen LogP contribution >= 0.6 is 0 Å². The highest BCUT2D eigenvalue weighted by Gasteiger charge is 2.29. The van der Waals surface area contributed by atoms with Crippen LogP contribution in [0.15, 0.2) is 0 Å². The van der Waals surface area contributed by atoms with E-state index < -0.39 is 0 Å². The van der Waals surface area contributed by atoms with Gasteiger partial charge >= 0.3 is 5.97 Å². The second kappa shape index (κ2) is 8.94. The average Bonchev–Trinajstić information content (AvgIpc) is 2.35. The molecule has 0 aromatic carbocycles. The lowest BCUT2D eigenvalue weighted by atomic mass is 9.84. The third kappa shape index (κ3) is 5.62. The summed E-state index contributed by atoms with van der Waals surface area (Å²) in [6.45, 7) is 3.47. The van der Waals surface area contributed by atoms with Gasteiger partial charge in [-0.3, -0.25) is 9.59 Å². The molecule has 0 N–H and O–H groups in total. The molecular weight excluding hydrogens is 242 g/mol. The van der Waals surface area contributed by atoms with Crippen molar-refractivity contribution >= 4 is 11.9 Å². The first kappa shape index (κ1) is 16.0. The number of amides is 1. The number of carbonyl (C=O) groups excluding carboxylic acids is 2. The van der Waals surface area contributed by atoms with Gasteiger partial charge < -0.3 is 9.64 Å². The van der Waals surface area contributed by atoms with Crippen molar-refractivity contribution in [3.63, 3.8) is 0 Å². The topological polar surface area (TPSA) is 46.6 Å². The SMILES string of the molecule is CCCCCCN(CCC(=O)OC)C(=O)C1CCC1. The van der Waals surface area contributed by atoms with Crippen molar-refractivity contribution in [3.8, 4) is 0 Å². The Morgan fingerprint density at radius 3 is 2.42 bits per heavy atom. The van der Waals surface area contributed by atoms with Crippen molar-refractivity contribution in [1.29, 1.82) is 0 Å². The molecule has 4 nitrogen and oxygen atoms in total. The Bertz CT molecular complexity index is 287. The van der Waals surface area contributed by atoms with E-state index in [1.165, 1.54) is 20.0 Å². The highest BCUT2D eigenvalue weighted by Crippen LogP contribution is 2.28. The predicted molar refractivity (Wildman–Crippen MR) is 74.7 cm³/mol. The van der Waals surface area contributed by atoms with Gasteiger partial charge in [-0.25, -0.2) is 0 Å². The molecule has 0 heterocycles. The van der Waals surface area contributed by atoms with Gasteiger partial charge in [0.2, 0.25) is 5.91 Å². The van der Waals surface area contributed by atoms with Crippen LogP contribution in [0.25, 0.3) is 0 Å². The molecule has 1 aliphatic rings. The molecule has 0 atom stereocenters. The molecule has 0 aliphatic heterocycles. The van der Waals surface area contributed by atoms with Crippen molar-refractivity contribution < 1.29 is 14.3 Å². The predicted octanol–water partition coefficient (Wildman–Crippen LogP) is 2.76. The maximum absolute atomic E-state index is 12.3. The zero-order valence-corrected chi connectivity index (χ0v) is 12.3. The third-order valence-electron chi connectivity index (χ3n) is 3.86. The largest absolute Gasteiger partial charge is 0.469 e. The second-order valence-electron chi connectivity index (χ2n) is 5.34. The van der Waals surface area contributed by atoms with Crippen LogP contribution in [-0.2, 0) is 14.3 Å². The molecule has 0 radical (unpaired) electrons. The molecule has 0 bridgehead atoms. The minimum absolute atomic E-state index is 0.212. The Labute approximate surface area is 116 Å². The van der Waals surface area contributed by atoms with E-state index in [0.29, 0.717) is 13.0 Å². The summed E-state index contributed by atoms with van der Waals surface area (Å²) in [5.41, 5.74) is 0. The minimum atomic E-state index is -0.236. The maximum Gasteiger partial charge on any atom is 0.307 e. The lowest BCUT2D eigenvalue weighted by molar-refractivity contribution is -0.143. The zero-order chi connectivity index (χ0) is 14.1. The summed E-state index contributed by atoms with van der Waals surface area (Å²) in [4.78, 5) is 25.3. The van der Waals surface area contributed by atoms with E-state index in [2.05, 4.69) is 11.7 Å². The van der Waals surface area contributed by atoms with Gasteiger partial charge in [-0.15, -0.1) is 0 Å². The molecule has 1 saturated carbocycles. The summed E-state index contributed by atoms with van der Waals surface area (Å²) >= 11 is 0. The normalized spacial score (nSPS) is 14.8. The van der Waals surface area contributed by atoms with Gasteiger partial charge in [0.05, 0.1) is 13.5 Å². The molecule has 0 aromatic heterocycles. The fraction of sp³-hybridized carbons (Fsp3) is 0.867. The van der Waals surface area contributed by atoms with Crippen molar-refractivity contribution in [2.24, 2.45) is 5.92 Å². The average molecular weight is 269 g/mol. The van der Waals surface area contributed by atoms with E-state index in [4.69, 9.17) is 0 Å². The number of ether oxygens (including phenoxy) is 1. The van der Waals surface area contributed by atoms with E-state index in [9.17, 15) is 9.59 Å². The fourth-order valence-electron chi connectivity index (χ4n) is 2.30. The first-order valence-corrected chi connectivity index (χ1v) is 7.54. The van der Waals surface area contributed by atoms with Crippen molar-refractivity contribution in [2.75, 3.05) is 20.2 Å². The molecule has 1 aliphatic carbocycles. The molecular formula is C15H27NO3. The smallest absolute Gasteiger partial charge is 0.307 e. The quantitative estimate of drug-likeness (QED) is 0.477. The van der Waals surface area contributed by atoms with Gasteiger partial charge in [0, 0.05) is 19.0 Å². The molecule has 1 amide bonds. The molecule has 110 valence electrons. The molecule has 4 heteroatoms. The Morgan fingerprint density at radius 1 is 1.16 bits per heavy atom. The van der Waals surface area contributed by atoms with Gasteiger partial charge in [-0.1, -0.05) is 32.6 Å². The number of nitrogens with zero attached hydrogens (tertiary/aromatic N) is 1. The number of rotatable bonds is 9. The highest BCUT2D eigenvalue weighted by molar-refractivity contribution is 5.80. The summed E-state index contributed by atoms with van der Waals surface area (Å²) < 4.78 is 4.65. The second-order valence-corrected chi connectivity index (χ2v) is 5.34. The van der Waals surface area contributed by atoms with Crippen LogP contribution in [0.5, 0.6) is 0 Å². The first-order valence-electron chi connectivity index (χ1n) is 7.54. The molecule has 0 spiro atoms. The first-order chi connectivity index (χ1) is 9.19. The number of hydrogen-bond acceptors (Lipinski definition) is 3. The number of hydrogen-bond donors (Lipinski definition) is 0. The Hall–Kier alpha value is -1.06. The monoisotopic (exact) mass is 269 g/mol. The molecule has 19 heavy (non-hydrogen) atoms. The Balaban J connectivity index is 2.36. The van der Waals surface area contributed by atoms with Crippen LogP contribution in [0.3, 0.4) is 0 Å². The standard InChI is InChI=1S/C15H27NO3/c1-3-4-5-6-11-16(12-10-14(17)19-2)15(18)13-8-7-9-13/h13H,3-12H2,1-2H3. The summed E-state index contributed by atoms with van der Waals surface area (Å²) in [5, 5.41) is 0. The number of methoxy groups -OCH3 is 1. The lowest BCUT2D eigenvalue weighted by Crippen LogP contribution is -2.40. The van der Waals surface area contributed by atoms with Gasteiger partial charge in [0.15, 0.2) is 0 Å². The summed E-state index contributed by atoms with van der Waals surface area (Å²) in [6.07, 6.45) is 8.10. The molecule has 1 fully saturated rings. The van der Waals surface area contributed by atoms with E-state index in [1.54, 1.807) is 0 Å². The third-order valence-corrected chi connectivity index (χ3v) is 3.86. The Kier molecular flexibility index (Phi) is 7.53. The van der Waals surface area contributed by atoms with E-state index in [0.717, 1.165) is 38.6 Å². The maximum atomic E-state index is 12.3. The summed E-state index contributed by atoms with van der Waals surface area (Å²) in [7, 11) is 1.39. The molecule has 0 unspecified atom stereocenters. The number of carbonyl (C=O) groups is 2. The number of esters is 1. The van der Waals surface area contributed by atoms with Crippen molar-refractivity contribution in [1.82, 2.24) is 4.90 Å². The summed E-state index contributed by atoms with van der Waals surface area (Å²) in [6, 6.07) is 0. The van der Waals surface area contributed by atoms with Crippen LogP contribution in [-0.4, -0.2) is 37.0 Å². The van der Waals surface area contributed by atoms with Gasteiger partial charge in [-0.05, 0) is 19.3 Å². The van der Waals surface area contributed by atoms with Crippen molar-refractivity contribution in [2.45, 2.75) is 58.3 Å². The summed E-state index contributed by atoms with van der Waals surface area (Å²) in [5.74, 6) is 0.218. The van der Waals surface area contributed by atoms with Gasteiger partial charge in [-0.2, -0.15) is 0 Å². The minimum Gasteiger partial charge on any atom is -0.469 e. The van der Waals surface area contributed by atoms with E-state index in [-0.39, 0.29) is 17.8 Å². The van der Waals surface area contributed by atoms with Gasteiger partial charge in [0.25, 0.3) is 0 Å². The van der Waals surface area contributed by atoms with Crippen LogP contribution in [0.4, 0.5) is 0 Å². The Morgan fingerprint density at radius 2 is 1.89 bits per heavy atom. The van der Waals surface area contributed by atoms with Crippen molar-refractivity contribution in [3.05, 3.63) is 0 Å². The van der Waals surface area contributed by atoms with Crippen LogP contribution in [0, 0.1) is 5.92 Å². The van der Waals surface area contributed by atoms with Crippen LogP contribution in [0.2, 0.25) is 0 Å². The van der Waals surface area contributed by atoms with Crippen LogP contribution in [0.1, 0.15) is 58.3 Å². The lowest BCUT2D eigenvalue weighted by Gasteiger charge is -2.31. The zero-order valence-electron chi connectivity index (χ0n) is 12.3. The van der Waals surface area contributed by atoms with E-state index >= 15 is 0 Å². The number of unbranched alkanes of at least 4 members (excludes halogenated alkanes) is 3. The fourth-order valence-corrected chi connectivity index (χ4v) is 2.30. The highest BCUT2D eigenvalue weighted by atomic mass is 16.5. The van der Waals surface area contributed by atoms with Gasteiger partial charge in [0.1, 0.15) is 0 Å². The molecule has 0 aromatic rings. The molecule has 1 rings (SSSR count). The van der Waals surface area contributed by atoms with E-state index in [1.807, 2.05) is 4.90 Å².